The van der Waals surface area contributed by atoms with Crippen LogP contribution in [0, 0.1) is 0 Å². The number of ether oxygens (including phenoxy) is 1. The van der Waals surface area contributed by atoms with Crippen molar-refractivity contribution in [3.05, 3.63) is 11.6 Å². The van der Waals surface area contributed by atoms with Crippen molar-refractivity contribution in [2.24, 2.45) is 0 Å². The van der Waals surface area contributed by atoms with Gasteiger partial charge < -0.3 is 10.5 Å². The summed E-state index contributed by atoms with van der Waals surface area (Å²) in [5, 5.41) is 0.0246. The number of rotatable bonds is 3. The molecule has 4 rings (SSSR count). The molecule has 0 aliphatic carbocycles. The first-order valence-electron chi connectivity index (χ1n) is 7.77. The molecule has 2 aliphatic heterocycles. The molecule has 2 aliphatic rings. The minimum Gasteiger partial charge on any atom is -0.382 e. The van der Waals surface area contributed by atoms with E-state index in [9.17, 15) is 4.57 Å². The van der Waals surface area contributed by atoms with Crippen LogP contribution in [0.15, 0.2) is 6.33 Å². The summed E-state index contributed by atoms with van der Waals surface area (Å²) < 4.78 is 36.3. The van der Waals surface area contributed by atoms with Crippen LogP contribution in [0.3, 0.4) is 0 Å². The van der Waals surface area contributed by atoms with E-state index in [0.717, 1.165) is 0 Å². The molecule has 0 radical (unpaired) electrons. The van der Waals surface area contributed by atoms with E-state index < -0.39 is 20.2 Å². The van der Waals surface area contributed by atoms with Crippen molar-refractivity contribution in [1.82, 2.24) is 19.5 Å². The Morgan fingerprint density at radius 3 is 3.00 bits per heavy atom. The molecule has 0 spiro atoms. The maximum absolute atomic E-state index is 12.5. The predicted octanol–water partition coefficient (Wildman–Crippen LogP) is 2.30. The van der Waals surface area contributed by atoms with E-state index >= 15 is 0 Å². The quantitative estimate of drug-likeness (QED) is 0.621. The molecule has 4 atom stereocenters. The summed E-state index contributed by atoms with van der Waals surface area (Å²) >= 11 is 5.88. The number of fused-ring (bicyclic) bond motifs is 2. The van der Waals surface area contributed by atoms with Crippen LogP contribution in [-0.2, 0) is 22.9 Å². The zero-order valence-corrected chi connectivity index (χ0v) is 15.2. The molecule has 2 aromatic rings. The number of hydrogen-bond acceptors (Lipinski definition) is 9. The van der Waals surface area contributed by atoms with Crippen molar-refractivity contribution in [2.75, 3.05) is 12.3 Å². The van der Waals surface area contributed by atoms with Crippen LogP contribution in [-0.4, -0.2) is 44.4 Å². The Labute approximate surface area is 148 Å². The maximum atomic E-state index is 12.5. The lowest BCUT2D eigenvalue weighted by molar-refractivity contribution is -0.0733. The number of anilines is 1. The molecule has 2 N–H and O–H groups in total. The molecule has 2 fully saturated rings. The first-order chi connectivity index (χ1) is 11.8. The summed E-state index contributed by atoms with van der Waals surface area (Å²) in [7, 11) is -3.58. The van der Waals surface area contributed by atoms with Gasteiger partial charge in [0.2, 0.25) is 5.28 Å². The largest absolute Gasteiger partial charge is 0.475 e. The number of nitrogen functional groups attached to an aromatic ring is 1. The van der Waals surface area contributed by atoms with Crippen molar-refractivity contribution in [1.29, 1.82) is 0 Å². The first kappa shape index (κ1) is 17.1. The van der Waals surface area contributed by atoms with Gasteiger partial charge in [-0.2, -0.15) is 9.97 Å². The summed E-state index contributed by atoms with van der Waals surface area (Å²) in [6.45, 7) is 3.64. The molecule has 0 saturated carbocycles. The molecule has 0 aromatic carbocycles. The average Bonchev–Trinajstić information content (AvgIpc) is 3.08. The number of phosphoric ester groups is 1. The Morgan fingerprint density at radius 1 is 1.44 bits per heavy atom. The van der Waals surface area contributed by atoms with E-state index in [1.54, 1.807) is 24.7 Å². The lowest BCUT2D eigenvalue weighted by Crippen LogP contribution is -2.33. The minimum absolute atomic E-state index is 0.0246. The number of halogens is 1. The van der Waals surface area contributed by atoms with Crippen molar-refractivity contribution in [3.63, 3.8) is 0 Å². The molecule has 2 aromatic heterocycles. The summed E-state index contributed by atoms with van der Waals surface area (Å²) in [6.07, 6.45) is 0.496. The monoisotopic (exact) mass is 389 g/mol. The van der Waals surface area contributed by atoms with Crippen LogP contribution in [0.5, 0.6) is 0 Å². The molecule has 4 unspecified atom stereocenters. The number of hydrogen-bond donors (Lipinski definition) is 1. The fourth-order valence-electron chi connectivity index (χ4n) is 2.93. The summed E-state index contributed by atoms with van der Waals surface area (Å²) in [5.41, 5.74) is 6.72. The Hall–Kier alpha value is -1.29. The van der Waals surface area contributed by atoms with Crippen LogP contribution in [0.1, 0.15) is 26.5 Å². The number of nitrogens with zero attached hydrogens (tertiary/aromatic N) is 4. The van der Waals surface area contributed by atoms with Crippen molar-refractivity contribution >= 4 is 36.4 Å². The van der Waals surface area contributed by atoms with E-state index in [-0.39, 0.29) is 29.9 Å². The van der Waals surface area contributed by atoms with Crippen LogP contribution in [0.2, 0.25) is 5.28 Å². The fraction of sp³-hybridized carbons (Fsp3) is 0.615. The van der Waals surface area contributed by atoms with E-state index in [2.05, 4.69) is 15.0 Å². The summed E-state index contributed by atoms with van der Waals surface area (Å²) in [5.74, 6) is 0.193. The number of aromatic nitrogens is 4. The third kappa shape index (κ3) is 3.14. The van der Waals surface area contributed by atoms with Gasteiger partial charge >= 0.3 is 7.82 Å². The zero-order chi connectivity index (χ0) is 17.8. The number of nitrogens with two attached hydrogens (primary N) is 1. The van der Waals surface area contributed by atoms with Crippen molar-refractivity contribution in [2.45, 2.75) is 44.8 Å². The number of phosphoric acid groups is 1. The fourth-order valence-corrected chi connectivity index (χ4v) is 4.67. The number of imidazole rings is 1. The highest BCUT2D eigenvalue weighted by molar-refractivity contribution is 7.48. The molecule has 0 bridgehead atoms. The first-order valence-corrected chi connectivity index (χ1v) is 9.61. The van der Waals surface area contributed by atoms with Crippen LogP contribution in [0.4, 0.5) is 5.82 Å². The van der Waals surface area contributed by atoms with Gasteiger partial charge in [-0.05, 0) is 25.4 Å². The minimum atomic E-state index is -3.58. The zero-order valence-electron chi connectivity index (χ0n) is 13.5. The van der Waals surface area contributed by atoms with Gasteiger partial charge in [-0.15, -0.1) is 0 Å². The molecule has 10 nitrogen and oxygen atoms in total. The van der Waals surface area contributed by atoms with Gasteiger partial charge in [0.25, 0.3) is 0 Å². The average molecular weight is 390 g/mol. The molecule has 4 heterocycles. The second-order valence-corrected chi connectivity index (χ2v) is 8.02. The molecule has 2 saturated heterocycles. The lowest BCUT2D eigenvalue weighted by atomic mass is 10.2. The Bertz CT molecular complexity index is 861. The summed E-state index contributed by atoms with van der Waals surface area (Å²) in [4.78, 5) is 12.3. The van der Waals surface area contributed by atoms with E-state index in [0.29, 0.717) is 17.6 Å². The third-order valence-corrected chi connectivity index (χ3v) is 5.76. The second kappa shape index (κ2) is 6.15. The van der Waals surface area contributed by atoms with E-state index in [1.807, 2.05) is 0 Å². The van der Waals surface area contributed by atoms with Gasteiger partial charge in [-0.3, -0.25) is 18.1 Å². The standard InChI is InChI=1S/C13H17ClN5O5P/c1-6(2)23-25(20)21-4-8-7(24-25)3-9(22-8)19-5-16-10-11(15)17-13(14)18-12(10)19/h5-9H,3-4H2,1-2H3,(H2,15,17,18). The molecule has 25 heavy (non-hydrogen) atoms. The molecule has 136 valence electrons. The maximum Gasteiger partial charge on any atom is 0.475 e. The van der Waals surface area contributed by atoms with Gasteiger partial charge in [0.1, 0.15) is 24.0 Å². The van der Waals surface area contributed by atoms with Crippen molar-refractivity contribution in [3.8, 4) is 0 Å². The van der Waals surface area contributed by atoms with Crippen LogP contribution < -0.4 is 5.73 Å². The second-order valence-electron chi connectivity index (χ2n) is 6.11. The predicted molar refractivity (Wildman–Crippen MR) is 87.9 cm³/mol. The molecular formula is C13H17ClN5O5P. The Balaban J connectivity index is 1.58. The smallest absolute Gasteiger partial charge is 0.382 e. The topological polar surface area (TPSA) is 124 Å². The Kier molecular flexibility index (Phi) is 4.22. The third-order valence-electron chi connectivity index (χ3n) is 3.91. The van der Waals surface area contributed by atoms with Gasteiger partial charge in [-0.1, -0.05) is 0 Å². The highest BCUT2D eigenvalue weighted by Crippen LogP contribution is 2.57. The normalized spacial score (nSPS) is 32.4. The SMILES string of the molecule is CC(C)OP1(=O)OCC2OC(n3cnc4c(N)nc(Cl)nc43)CC2O1. The van der Waals surface area contributed by atoms with Crippen LogP contribution >= 0.6 is 19.4 Å². The van der Waals surface area contributed by atoms with Gasteiger partial charge in [0.15, 0.2) is 11.5 Å². The van der Waals surface area contributed by atoms with Crippen LogP contribution in [0.25, 0.3) is 11.2 Å². The lowest BCUT2D eigenvalue weighted by Gasteiger charge is -2.30. The van der Waals surface area contributed by atoms with Crippen molar-refractivity contribution < 1.29 is 22.9 Å². The van der Waals surface area contributed by atoms with Gasteiger partial charge in [-0.25, -0.2) is 9.55 Å². The molecular weight excluding hydrogens is 373 g/mol. The molecule has 0 amide bonds. The van der Waals surface area contributed by atoms with E-state index in [4.69, 9.17) is 35.6 Å². The van der Waals surface area contributed by atoms with E-state index in [1.165, 1.54) is 0 Å². The Morgan fingerprint density at radius 2 is 2.24 bits per heavy atom. The van der Waals surface area contributed by atoms with Gasteiger partial charge in [0, 0.05) is 6.42 Å². The highest BCUT2D eigenvalue weighted by Gasteiger charge is 2.48. The molecule has 12 heteroatoms. The summed E-state index contributed by atoms with van der Waals surface area (Å²) in [6, 6.07) is 0. The highest BCUT2D eigenvalue weighted by atomic mass is 35.5. The van der Waals surface area contributed by atoms with Gasteiger partial charge in [0.05, 0.1) is 19.0 Å².